The fourth-order valence-electron chi connectivity index (χ4n) is 1.01. The topological polar surface area (TPSA) is 56.0 Å². The molecule has 0 aliphatic carbocycles. The summed E-state index contributed by atoms with van der Waals surface area (Å²) in [5.41, 5.74) is 0. The van der Waals surface area contributed by atoms with Crippen molar-refractivity contribution in [3.8, 4) is 0 Å². The van der Waals surface area contributed by atoms with Gasteiger partial charge in [-0.1, -0.05) is 0 Å². The maximum atomic E-state index is 10.5. The van der Waals surface area contributed by atoms with Crippen molar-refractivity contribution in [2.24, 2.45) is 0 Å². The smallest absolute Gasteiger partial charge is 0.258 e. The highest BCUT2D eigenvalue weighted by atomic mass is 79.9. The van der Waals surface area contributed by atoms with E-state index in [4.69, 9.17) is 0 Å². The minimum atomic E-state index is -0.406. The van der Waals surface area contributed by atoms with Crippen LogP contribution in [-0.2, 0) is 0 Å². The highest BCUT2D eigenvalue weighted by Crippen LogP contribution is 2.39. The van der Waals surface area contributed by atoms with Crippen LogP contribution < -0.4 is 0 Å². The molecule has 0 bridgehead atoms. The summed E-state index contributed by atoms with van der Waals surface area (Å²) in [6.07, 6.45) is 1.62. The second-order valence-electron chi connectivity index (χ2n) is 2.33. The van der Waals surface area contributed by atoms with Gasteiger partial charge < -0.3 is 0 Å². The van der Waals surface area contributed by atoms with Gasteiger partial charge in [-0.3, -0.25) is 10.1 Å². The summed E-state index contributed by atoms with van der Waals surface area (Å²) < 4.78 is 0.519. The van der Waals surface area contributed by atoms with E-state index in [-0.39, 0.29) is 5.00 Å². The molecule has 0 aliphatic heterocycles. The Kier molecular flexibility index (Phi) is 2.01. The predicted octanol–water partition coefficient (Wildman–Crippen LogP) is 2.97. The van der Waals surface area contributed by atoms with Crippen LogP contribution in [0, 0.1) is 10.1 Å². The van der Waals surface area contributed by atoms with Crippen molar-refractivity contribution >= 4 is 42.5 Å². The second kappa shape index (κ2) is 3.04. The Morgan fingerprint density at radius 1 is 1.62 bits per heavy atom. The Hall–Kier alpha value is -1.01. The minimum absolute atomic E-state index is 0.105. The molecule has 0 saturated carbocycles. The molecule has 13 heavy (non-hydrogen) atoms. The summed E-state index contributed by atoms with van der Waals surface area (Å²) >= 11 is 4.26. The number of nitrogens with zero attached hydrogens (tertiary/aromatic N) is 2. The van der Waals surface area contributed by atoms with Crippen molar-refractivity contribution in [3.63, 3.8) is 0 Å². The van der Waals surface area contributed by atoms with Crippen molar-refractivity contribution in [3.05, 3.63) is 32.9 Å². The first kappa shape index (κ1) is 8.58. The maximum Gasteiger partial charge on any atom is 0.340 e. The molecule has 0 saturated heterocycles. The predicted molar refractivity (Wildman–Crippen MR) is 54.0 cm³/mol. The number of rotatable bonds is 1. The Morgan fingerprint density at radius 2 is 2.38 bits per heavy atom. The molecule has 4 nitrogen and oxygen atoms in total. The van der Waals surface area contributed by atoms with Crippen molar-refractivity contribution in [2.75, 3.05) is 0 Å². The normalized spacial score (nSPS) is 10.5. The van der Waals surface area contributed by atoms with Crippen LogP contribution in [0.1, 0.15) is 0 Å². The van der Waals surface area contributed by atoms with Gasteiger partial charge in [-0.25, -0.2) is 4.98 Å². The zero-order chi connectivity index (χ0) is 9.42. The van der Waals surface area contributed by atoms with E-state index in [2.05, 4.69) is 20.9 Å². The number of hydrogen-bond donors (Lipinski definition) is 0. The molecule has 0 fully saturated rings. The molecular formula is C7H3BrN2O2S. The Morgan fingerprint density at radius 3 is 3.00 bits per heavy atom. The third kappa shape index (κ3) is 1.31. The van der Waals surface area contributed by atoms with E-state index in [1.807, 2.05) is 0 Å². The largest absolute Gasteiger partial charge is 0.340 e. The fourth-order valence-corrected chi connectivity index (χ4v) is 2.70. The van der Waals surface area contributed by atoms with E-state index in [0.29, 0.717) is 9.30 Å². The second-order valence-corrected chi connectivity index (χ2v) is 4.10. The molecule has 0 aromatic carbocycles. The van der Waals surface area contributed by atoms with Gasteiger partial charge in [0.05, 0.1) is 4.92 Å². The first-order valence-electron chi connectivity index (χ1n) is 3.37. The lowest BCUT2D eigenvalue weighted by Gasteiger charge is -1.85. The van der Waals surface area contributed by atoms with Gasteiger partial charge in [0.25, 0.3) is 0 Å². The van der Waals surface area contributed by atoms with E-state index >= 15 is 0 Å². The highest BCUT2D eigenvalue weighted by molar-refractivity contribution is 9.10. The zero-order valence-corrected chi connectivity index (χ0v) is 8.63. The molecule has 0 radical (unpaired) electrons. The Balaban J connectivity index is 2.81. The van der Waals surface area contributed by atoms with Crippen LogP contribution in [0.4, 0.5) is 5.00 Å². The third-order valence-electron chi connectivity index (χ3n) is 1.55. The molecule has 2 rings (SSSR count). The lowest BCUT2D eigenvalue weighted by Crippen LogP contribution is -1.82. The number of pyridine rings is 1. The van der Waals surface area contributed by atoms with E-state index in [1.165, 1.54) is 0 Å². The molecule has 0 N–H and O–H groups in total. The van der Waals surface area contributed by atoms with E-state index in [9.17, 15) is 10.1 Å². The fraction of sp³-hybridized carbons (Fsp3) is 0. The average Bonchev–Trinajstić information content (AvgIpc) is 2.45. The average molecular weight is 259 g/mol. The van der Waals surface area contributed by atoms with Crippen LogP contribution in [0.3, 0.4) is 0 Å². The number of nitro groups is 1. The summed E-state index contributed by atoms with van der Waals surface area (Å²) in [7, 11) is 0. The summed E-state index contributed by atoms with van der Waals surface area (Å²) in [6.45, 7) is 0. The Labute approximate surface area is 85.5 Å². The van der Waals surface area contributed by atoms with E-state index in [1.54, 1.807) is 18.3 Å². The van der Waals surface area contributed by atoms with Gasteiger partial charge in [0.15, 0.2) is 0 Å². The summed E-state index contributed by atoms with van der Waals surface area (Å²) in [4.78, 5) is 14.9. The van der Waals surface area contributed by atoms with Gasteiger partial charge in [0, 0.05) is 11.6 Å². The van der Waals surface area contributed by atoms with Gasteiger partial charge in [-0.15, -0.1) is 0 Å². The van der Waals surface area contributed by atoms with Crippen molar-refractivity contribution in [2.45, 2.75) is 0 Å². The number of hydrogen-bond acceptors (Lipinski definition) is 4. The monoisotopic (exact) mass is 258 g/mol. The molecule has 2 heterocycles. The maximum absolute atomic E-state index is 10.5. The zero-order valence-electron chi connectivity index (χ0n) is 6.23. The molecule has 2 aromatic rings. The lowest BCUT2D eigenvalue weighted by atomic mass is 10.3. The number of halogens is 1. The van der Waals surface area contributed by atoms with Crippen molar-refractivity contribution in [1.82, 2.24) is 4.98 Å². The molecular weight excluding hydrogens is 256 g/mol. The van der Waals surface area contributed by atoms with Crippen LogP contribution in [0.25, 0.3) is 10.2 Å². The van der Waals surface area contributed by atoms with Crippen LogP contribution >= 0.6 is 27.3 Å². The van der Waals surface area contributed by atoms with Crippen LogP contribution in [0.15, 0.2) is 22.8 Å². The van der Waals surface area contributed by atoms with E-state index in [0.717, 1.165) is 16.7 Å². The van der Waals surface area contributed by atoms with Gasteiger partial charge >= 0.3 is 5.00 Å². The van der Waals surface area contributed by atoms with Crippen molar-refractivity contribution < 1.29 is 4.92 Å². The molecule has 0 aliphatic rings. The quantitative estimate of drug-likeness (QED) is 0.584. The van der Waals surface area contributed by atoms with Crippen LogP contribution in [0.2, 0.25) is 0 Å². The van der Waals surface area contributed by atoms with Crippen molar-refractivity contribution in [1.29, 1.82) is 0 Å². The first-order chi connectivity index (χ1) is 6.20. The first-order valence-corrected chi connectivity index (χ1v) is 4.98. The molecule has 0 amide bonds. The molecule has 2 aromatic heterocycles. The standard InChI is InChI=1S/C7H3BrN2O2S/c8-5-4-2-1-3-9-6(4)13-7(5)10(11)12/h1-3H. The van der Waals surface area contributed by atoms with E-state index < -0.39 is 4.92 Å². The SMILES string of the molecule is O=[N+]([O-])c1sc2ncccc2c1Br. The summed E-state index contributed by atoms with van der Waals surface area (Å²) in [5.74, 6) is 0. The lowest BCUT2D eigenvalue weighted by molar-refractivity contribution is -0.380. The summed E-state index contributed by atoms with van der Waals surface area (Å²) in [6, 6.07) is 3.56. The number of aromatic nitrogens is 1. The van der Waals surface area contributed by atoms with Gasteiger partial charge in [-0.05, 0) is 39.4 Å². The van der Waals surface area contributed by atoms with Crippen LogP contribution in [-0.4, -0.2) is 9.91 Å². The van der Waals surface area contributed by atoms with Crippen LogP contribution in [0.5, 0.6) is 0 Å². The number of fused-ring (bicyclic) bond motifs is 1. The highest BCUT2D eigenvalue weighted by Gasteiger charge is 2.19. The molecule has 6 heteroatoms. The molecule has 0 atom stereocenters. The molecule has 66 valence electrons. The van der Waals surface area contributed by atoms with Gasteiger partial charge in [0.2, 0.25) is 0 Å². The van der Waals surface area contributed by atoms with Gasteiger partial charge in [-0.2, -0.15) is 0 Å². The molecule has 0 unspecified atom stereocenters. The molecule has 0 spiro atoms. The number of thiophene rings is 1. The Bertz CT molecular complexity index is 482. The third-order valence-corrected chi connectivity index (χ3v) is 3.68. The van der Waals surface area contributed by atoms with Gasteiger partial charge in [0.1, 0.15) is 9.30 Å². The summed E-state index contributed by atoms with van der Waals surface area (Å²) in [5, 5.41) is 11.4. The minimum Gasteiger partial charge on any atom is -0.258 e.